The number of nitrogens with zero attached hydrogens (tertiary/aromatic N) is 4. The highest BCUT2D eigenvalue weighted by atomic mass is 35.5. The van der Waals surface area contributed by atoms with E-state index in [0.717, 1.165) is 0 Å². The molecular weight excluding hydrogens is 582 g/mol. The number of aryl methyl sites for hydroxylation is 1. The number of carbonyl (C=O) groups is 1. The molecule has 4 rings (SSSR count). The zero-order valence-corrected chi connectivity index (χ0v) is 24.8. The summed E-state index contributed by atoms with van der Waals surface area (Å²) >= 11 is 6.23. The molecule has 3 N–H and O–H groups in total. The minimum atomic E-state index is -4.36. The summed E-state index contributed by atoms with van der Waals surface area (Å²) < 4.78 is 53.4. The van der Waals surface area contributed by atoms with E-state index in [4.69, 9.17) is 30.1 Å². The van der Waals surface area contributed by atoms with Crippen molar-refractivity contribution < 1.29 is 37.4 Å². The summed E-state index contributed by atoms with van der Waals surface area (Å²) in [5.74, 6) is -0.132. The van der Waals surface area contributed by atoms with Crippen molar-refractivity contribution in [2.75, 3.05) is 24.9 Å². The van der Waals surface area contributed by atoms with Crippen molar-refractivity contribution in [3.63, 3.8) is 0 Å². The van der Waals surface area contributed by atoms with Gasteiger partial charge in [0.2, 0.25) is 0 Å². The largest absolute Gasteiger partial charge is 0.462 e. The van der Waals surface area contributed by atoms with Crippen molar-refractivity contribution >= 4 is 42.3 Å². The predicted molar refractivity (Wildman–Crippen MR) is 149 cm³/mol. The third-order valence-electron chi connectivity index (χ3n) is 6.24. The third-order valence-corrected chi connectivity index (χ3v) is 8.32. The zero-order valence-electron chi connectivity index (χ0n) is 23.2. The van der Waals surface area contributed by atoms with Gasteiger partial charge in [0, 0.05) is 7.05 Å². The minimum absolute atomic E-state index is 0.169. The maximum atomic E-state index is 15.7. The molecule has 41 heavy (non-hydrogen) atoms. The molecular formula is C25H33ClFN6O7P. The number of esters is 1. The summed E-state index contributed by atoms with van der Waals surface area (Å²) in [6, 6.07) is 6.99. The molecule has 0 radical (unpaired) electrons. The van der Waals surface area contributed by atoms with Gasteiger partial charge in [-0.1, -0.05) is 18.2 Å². The second-order valence-corrected chi connectivity index (χ2v) is 11.8. The van der Waals surface area contributed by atoms with Gasteiger partial charge in [-0.15, -0.1) is 11.6 Å². The highest BCUT2D eigenvalue weighted by Crippen LogP contribution is 2.49. The fourth-order valence-corrected chi connectivity index (χ4v) is 6.06. The second-order valence-electron chi connectivity index (χ2n) is 9.80. The molecule has 1 aromatic carbocycles. The Morgan fingerprint density at radius 3 is 2.63 bits per heavy atom. The summed E-state index contributed by atoms with van der Waals surface area (Å²) in [5, 5.41) is 16.5. The molecule has 16 heteroatoms. The Morgan fingerprint density at radius 2 is 2.00 bits per heavy atom. The van der Waals surface area contributed by atoms with Gasteiger partial charge >= 0.3 is 13.7 Å². The first-order chi connectivity index (χ1) is 19.4. The van der Waals surface area contributed by atoms with Crippen molar-refractivity contribution in [1.82, 2.24) is 24.6 Å². The fraction of sp³-hybridized carbons (Fsp3) is 0.520. The molecule has 1 aliphatic rings. The number of benzene rings is 1. The molecule has 0 amide bonds. The van der Waals surface area contributed by atoms with Gasteiger partial charge in [-0.2, -0.15) is 5.09 Å². The number of alkyl halides is 2. The number of fused-ring (bicyclic) bond motifs is 1. The lowest BCUT2D eigenvalue weighted by atomic mass is 9.99. The van der Waals surface area contributed by atoms with Gasteiger partial charge in [0.05, 0.1) is 24.9 Å². The Hall–Kier alpha value is -2.87. The fourth-order valence-electron chi connectivity index (χ4n) is 4.21. The minimum Gasteiger partial charge on any atom is -0.462 e. The van der Waals surface area contributed by atoms with E-state index in [-0.39, 0.29) is 11.4 Å². The molecule has 6 atom stereocenters. The zero-order chi connectivity index (χ0) is 29.9. The molecule has 2 aromatic heterocycles. The summed E-state index contributed by atoms with van der Waals surface area (Å²) in [4.78, 5) is 25.3. The van der Waals surface area contributed by atoms with Crippen LogP contribution in [0.4, 0.5) is 10.2 Å². The van der Waals surface area contributed by atoms with E-state index in [0.29, 0.717) is 17.2 Å². The topological polar surface area (TPSA) is 159 Å². The average molecular weight is 615 g/mol. The monoisotopic (exact) mass is 614 g/mol. The number of aliphatic hydroxyl groups is 1. The average Bonchev–Trinajstić information content (AvgIpc) is 3.46. The standard InChI is InChI=1S/C25H33ClFN6O7P/c1-14(2)38-24(35)15(3)32-41(36,40-17-9-7-6-8-10-17)37-12-25(11-26)20(34)18(27)23(39-25)33-13-29-19-21(28-5)30-16(4)31-22(19)33/h6-10,13-15,18,20,23,34H,11-12H2,1-5H3,(H,32,36)(H,28,30,31)/t15-,18+,20+,23-,25-,41-/m1/s1. The van der Waals surface area contributed by atoms with Crippen LogP contribution in [-0.2, 0) is 23.4 Å². The van der Waals surface area contributed by atoms with Crippen LogP contribution < -0.4 is 14.9 Å². The van der Waals surface area contributed by atoms with Gasteiger partial charge in [0.15, 0.2) is 29.4 Å². The number of imidazole rings is 1. The summed E-state index contributed by atoms with van der Waals surface area (Å²) in [6.45, 7) is 5.77. The molecule has 0 aliphatic carbocycles. The van der Waals surface area contributed by atoms with Gasteiger partial charge in [0.25, 0.3) is 0 Å². The van der Waals surface area contributed by atoms with Gasteiger partial charge in [-0.05, 0) is 39.8 Å². The summed E-state index contributed by atoms with van der Waals surface area (Å²) in [7, 11) is -2.69. The van der Waals surface area contributed by atoms with Crippen LogP contribution in [0.15, 0.2) is 36.7 Å². The highest BCUT2D eigenvalue weighted by molar-refractivity contribution is 7.52. The lowest BCUT2D eigenvalue weighted by Crippen LogP contribution is -2.48. The number of rotatable bonds is 12. The Labute approximate surface area is 241 Å². The molecule has 0 saturated carbocycles. The number of anilines is 1. The molecule has 0 unspecified atom stereocenters. The third kappa shape index (κ3) is 6.63. The Kier molecular flexibility index (Phi) is 9.52. The molecule has 1 fully saturated rings. The first-order valence-electron chi connectivity index (χ1n) is 12.8. The van der Waals surface area contributed by atoms with E-state index in [1.54, 1.807) is 46.0 Å². The number of nitrogens with one attached hydrogen (secondary N) is 2. The van der Waals surface area contributed by atoms with Crippen LogP contribution in [0.2, 0.25) is 0 Å². The predicted octanol–water partition coefficient (Wildman–Crippen LogP) is 3.52. The first-order valence-corrected chi connectivity index (χ1v) is 14.9. The van der Waals surface area contributed by atoms with Gasteiger partial charge in [0.1, 0.15) is 29.3 Å². The summed E-state index contributed by atoms with van der Waals surface area (Å²) in [5.41, 5.74) is -1.23. The Balaban J connectivity index is 1.61. The molecule has 1 saturated heterocycles. The van der Waals surface area contributed by atoms with Gasteiger partial charge < -0.3 is 24.4 Å². The lowest BCUT2D eigenvalue weighted by Gasteiger charge is -2.31. The van der Waals surface area contributed by atoms with Crippen LogP contribution in [0.1, 0.15) is 32.8 Å². The molecule has 3 aromatic rings. The molecule has 0 spiro atoms. The SMILES string of the molecule is CNc1nc(C)nc2c1ncn2[C@@H]1O[C@](CCl)(CO[P@](=O)(N[C@H](C)C(=O)OC(C)C)Oc2ccccc2)[C@@H](O)[C@@H]1F. The number of halogens is 2. The van der Waals surface area contributed by atoms with E-state index in [1.165, 1.54) is 30.0 Å². The normalized spacial score (nSPS) is 24.8. The van der Waals surface area contributed by atoms with Crippen molar-refractivity contribution in [2.24, 2.45) is 0 Å². The van der Waals surface area contributed by atoms with Crippen LogP contribution >= 0.6 is 19.3 Å². The number of aliphatic hydroxyl groups excluding tert-OH is 1. The Bertz CT molecular complexity index is 1420. The van der Waals surface area contributed by atoms with E-state index in [9.17, 15) is 14.5 Å². The van der Waals surface area contributed by atoms with Crippen molar-refractivity contribution in [2.45, 2.75) is 63.9 Å². The molecule has 0 bridgehead atoms. The van der Waals surface area contributed by atoms with Crippen LogP contribution in [0, 0.1) is 6.92 Å². The maximum absolute atomic E-state index is 15.7. The van der Waals surface area contributed by atoms with Crippen LogP contribution in [0.5, 0.6) is 5.75 Å². The number of ether oxygens (including phenoxy) is 2. The first kappa shape index (κ1) is 31.1. The molecule has 3 heterocycles. The smallest absolute Gasteiger partial charge is 0.459 e. The molecule has 13 nitrogen and oxygen atoms in total. The van der Waals surface area contributed by atoms with Crippen LogP contribution in [-0.4, -0.2) is 80.2 Å². The number of para-hydroxylation sites is 1. The van der Waals surface area contributed by atoms with Crippen molar-refractivity contribution in [3.8, 4) is 5.75 Å². The van der Waals surface area contributed by atoms with Crippen LogP contribution in [0.3, 0.4) is 0 Å². The quantitative estimate of drug-likeness (QED) is 0.155. The highest BCUT2D eigenvalue weighted by Gasteiger charge is 2.57. The number of hydrogen-bond donors (Lipinski definition) is 3. The van der Waals surface area contributed by atoms with Gasteiger partial charge in [-0.3, -0.25) is 13.9 Å². The maximum Gasteiger partial charge on any atom is 0.459 e. The number of aromatic nitrogens is 4. The lowest BCUT2D eigenvalue weighted by molar-refractivity contribution is -0.149. The molecule has 224 valence electrons. The van der Waals surface area contributed by atoms with E-state index >= 15 is 4.39 Å². The van der Waals surface area contributed by atoms with Gasteiger partial charge in [-0.25, -0.2) is 23.9 Å². The Morgan fingerprint density at radius 1 is 1.29 bits per heavy atom. The van der Waals surface area contributed by atoms with Crippen LogP contribution in [0.25, 0.3) is 11.2 Å². The van der Waals surface area contributed by atoms with E-state index in [1.807, 2.05) is 0 Å². The summed E-state index contributed by atoms with van der Waals surface area (Å²) in [6.07, 6.45) is -4.30. The van der Waals surface area contributed by atoms with E-state index in [2.05, 4.69) is 25.4 Å². The van der Waals surface area contributed by atoms with Crippen molar-refractivity contribution in [3.05, 3.63) is 42.5 Å². The number of hydrogen-bond acceptors (Lipinski definition) is 11. The van der Waals surface area contributed by atoms with E-state index < -0.39 is 62.5 Å². The van der Waals surface area contributed by atoms with Crippen molar-refractivity contribution in [1.29, 1.82) is 0 Å². The molecule has 1 aliphatic heterocycles. The second kappa shape index (κ2) is 12.6. The number of carbonyl (C=O) groups excluding carboxylic acids is 1.